The highest BCUT2D eigenvalue weighted by molar-refractivity contribution is 5.83. The van der Waals surface area contributed by atoms with Gasteiger partial charge < -0.3 is 9.47 Å². The first kappa shape index (κ1) is 22.1. The number of ether oxygens (including phenoxy) is 2. The van der Waals surface area contributed by atoms with Crippen molar-refractivity contribution >= 4 is 17.6 Å². The van der Waals surface area contributed by atoms with E-state index < -0.39 is 11.9 Å². The van der Waals surface area contributed by atoms with E-state index in [1.54, 1.807) is 36.8 Å². The van der Waals surface area contributed by atoms with Crippen molar-refractivity contribution in [3.05, 3.63) is 78.8 Å². The van der Waals surface area contributed by atoms with Crippen LogP contribution in [0.2, 0.25) is 0 Å². The summed E-state index contributed by atoms with van der Waals surface area (Å²) in [5.74, 6) is 0.752. The molecule has 5 aromatic rings. The number of hydrogen-bond donors (Lipinski definition) is 1. The summed E-state index contributed by atoms with van der Waals surface area (Å²) >= 11 is 0. The molecule has 0 spiro atoms. The zero-order valence-corrected chi connectivity index (χ0v) is 19.2. The lowest BCUT2D eigenvalue weighted by Crippen LogP contribution is -2.11. The number of methoxy groups -OCH3 is 2. The summed E-state index contributed by atoms with van der Waals surface area (Å²) in [4.78, 5) is 24.8. The molecule has 0 aliphatic heterocycles. The third-order valence-corrected chi connectivity index (χ3v) is 5.57. The fourth-order valence-electron chi connectivity index (χ4n) is 3.86. The second kappa shape index (κ2) is 8.90. The summed E-state index contributed by atoms with van der Waals surface area (Å²) in [6.07, 6.45) is 6.55. The van der Waals surface area contributed by atoms with E-state index in [0.29, 0.717) is 11.6 Å². The number of nitrogens with one attached hydrogen (secondary N) is 1. The topological polar surface area (TPSA) is 95.6 Å². The number of halogens is 1. The van der Waals surface area contributed by atoms with Crippen LogP contribution in [0.5, 0.6) is 5.75 Å². The molecule has 5 rings (SSSR count). The number of carbonyl (C=O) groups is 1. The lowest BCUT2D eigenvalue weighted by molar-refractivity contribution is 0.187. The predicted molar refractivity (Wildman–Crippen MR) is 128 cm³/mol. The number of fused-ring (bicyclic) bond motifs is 1. The Kier molecular flexibility index (Phi) is 5.61. The van der Waals surface area contributed by atoms with Crippen LogP contribution in [0, 0.1) is 12.7 Å². The maximum atomic E-state index is 14.0. The van der Waals surface area contributed by atoms with Gasteiger partial charge in [-0.25, -0.2) is 24.1 Å². The Morgan fingerprint density at radius 3 is 2.54 bits per heavy atom. The summed E-state index contributed by atoms with van der Waals surface area (Å²) in [5.41, 5.74) is 4.87. The molecule has 1 amide bonds. The first-order valence-corrected chi connectivity index (χ1v) is 10.7. The Bertz CT molecular complexity index is 1540. The minimum Gasteiger partial charge on any atom is -0.494 e. The maximum absolute atomic E-state index is 14.0. The highest BCUT2D eigenvalue weighted by Gasteiger charge is 2.16. The van der Waals surface area contributed by atoms with Crippen molar-refractivity contribution in [2.24, 2.45) is 0 Å². The van der Waals surface area contributed by atoms with Gasteiger partial charge in [0.25, 0.3) is 0 Å². The van der Waals surface area contributed by atoms with E-state index in [0.717, 1.165) is 33.8 Å². The SMILES string of the molecule is COC(=O)Nc1ccc(-c2cnc3ccc(-n4c(C)cnc4-c4ccc(F)c(OC)c4)cn23)cn1. The van der Waals surface area contributed by atoms with Gasteiger partial charge in [0.1, 0.15) is 17.3 Å². The van der Waals surface area contributed by atoms with Gasteiger partial charge >= 0.3 is 6.09 Å². The summed E-state index contributed by atoms with van der Waals surface area (Å²) in [6, 6.07) is 12.1. The van der Waals surface area contributed by atoms with Gasteiger partial charge in [-0.15, -0.1) is 0 Å². The molecule has 0 saturated heterocycles. The molecule has 10 heteroatoms. The number of carbonyl (C=O) groups excluding carboxylic acids is 1. The molecule has 0 radical (unpaired) electrons. The number of imidazole rings is 2. The number of aryl methyl sites for hydroxylation is 1. The van der Waals surface area contributed by atoms with Crippen molar-refractivity contribution in [1.29, 1.82) is 0 Å². The van der Waals surface area contributed by atoms with E-state index in [1.807, 2.05) is 40.3 Å². The van der Waals surface area contributed by atoms with Gasteiger partial charge in [-0.2, -0.15) is 0 Å². The van der Waals surface area contributed by atoms with E-state index >= 15 is 0 Å². The highest BCUT2D eigenvalue weighted by Crippen LogP contribution is 2.29. The Morgan fingerprint density at radius 2 is 1.80 bits per heavy atom. The van der Waals surface area contributed by atoms with E-state index in [4.69, 9.17) is 4.74 Å². The van der Waals surface area contributed by atoms with E-state index in [1.165, 1.54) is 20.3 Å². The van der Waals surface area contributed by atoms with Crippen LogP contribution in [-0.4, -0.2) is 44.2 Å². The van der Waals surface area contributed by atoms with Crippen LogP contribution in [0.4, 0.5) is 15.0 Å². The zero-order chi connectivity index (χ0) is 24.5. The molecule has 176 valence electrons. The Labute approximate surface area is 199 Å². The third-order valence-electron chi connectivity index (χ3n) is 5.57. The van der Waals surface area contributed by atoms with Crippen LogP contribution >= 0.6 is 0 Å². The molecule has 4 heterocycles. The molecule has 0 aliphatic carbocycles. The Hall–Kier alpha value is -4.73. The van der Waals surface area contributed by atoms with E-state index in [-0.39, 0.29) is 5.75 Å². The molecule has 4 aromatic heterocycles. The van der Waals surface area contributed by atoms with Crippen molar-refractivity contribution in [1.82, 2.24) is 23.9 Å². The lowest BCUT2D eigenvalue weighted by Gasteiger charge is -2.13. The predicted octanol–water partition coefficient (Wildman–Crippen LogP) is 4.88. The van der Waals surface area contributed by atoms with Crippen LogP contribution in [0.25, 0.3) is 34.0 Å². The van der Waals surface area contributed by atoms with Crippen molar-refractivity contribution in [2.45, 2.75) is 6.92 Å². The number of amides is 1. The smallest absolute Gasteiger partial charge is 0.412 e. The van der Waals surface area contributed by atoms with Crippen LogP contribution in [0.1, 0.15) is 5.69 Å². The van der Waals surface area contributed by atoms with Crippen molar-refractivity contribution < 1.29 is 18.7 Å². The number of benzene rings is 1. The molecule has 0 saturated carbocycles. The normalized spacial score (nSPS) is 11.0. The van der Waals surface area contributed by atoms with Crippen LogP contribution in [0.15, 0.2) is 67.3 Å². The molecular weight excluding hydrogens is 451 g/mol. The number of anilines is 1. The summed E-state index contributed by atoms with van der Waals surface area (Å²) in [5, 5.41) is 2.53. The molecule has 0 bridgehead atoms. The third kappa shape index (κ3) is 4.05. The first-order valence-electron chi connectivity index (χ1n) is 10.7. The lowest BCUT2D eigenvalue weighted by atomic mass is 10.2. The molecule has 0 unspecified atom stereocenters. The summed E-state index contributed by atoms with van der Waals surface area (Å²) < 4.78 is 27.6. The molecule has 0 atom stereocenters. The van der Waals surface area contributed by atoms with Crippen molar-refractivity contribution in [3.8, 4) is 34.1 Å². The fraction of sp³-hybridized carbons (Fsp3) is 0.120. The zero-order valence-electron chi connectivity index (χ0n) is 19.2. The standard InChI is InChI=1S/C25H21FN6O3/c1-15-11-29-24(16-4-7-19(26)21(10-16)34-2)32(15)18-6-9-23-28-13-20(31(23)14-18)17-5-8-22(27-12-17)30-25(33)35-3/h4-14H,1-3H3,(H,27,30,33). The minimum absolute atomic E-state index is 0.152. The number of nitrogens with zero attached hydrogens (tertiary/aromatic N) is 5. The molecule has 1 N–H and O–H groups in total. The van der Waals surface area contributed by atoms with Gasteiger partial charge in [0, 0.05) is 35.4 Å². The van der Waals surface area contributed by atoms with Crippen LogP contribution in [-0.2, 0) is 4.74 Å². The van der Waals surface area contributed by atoms with Crippen molar-refractivity contribution in [3.63, 3.8) is 0 Å². The Balaban J connectivity index is 1.56. The van der Waals surface area contributed by atoms with Crippen molar-refractivity contribution in [2.75, 3.05) is 19.5 Å². The molecule has 9 nitrogen and oxygen atoms in total. The number of hydrogen-bond acceptors (Lipinski definition) is 6. The molecule has 0 aliphatic rings. The number of aromatic nitrogens is 5. The second-order valence-corrected chi connectivity index (χ2v) is 7.72. The van der Waals surface area contributed by atoms with Crippen LogP contribution < -0.4 is 10.1 Å². The van der Waals surface area contributed by atoms with Gasteiger partial charge in [0.15, 0.2) is 11.6 Å². The molecular formula is C25H21FN6O3. The van der Waals surface area contributed by atoms with E-state index in [9.17, 15) is 9.18 Å². The quantitative estimate of drug-likeness (QED) is 0.392. The van der Waals surface area contributed by atoms with Gasteiger partial charge in [-0.05, 0) is 49.4 Å². The summed E-state index contributed by atoms with van der Waals surface area (Å²) in [6.45, 7) is 1.95. The van der Waals surface area contributed by atoms with Gasteiger partial charge in [-0.3, -0.25) is 14.3 Å². The number of pyridine rings is 2. The molecule has 1 aromatic carbocycles. The average Bonchev–Trinajstić information content (AvgIpc) is 3.47. The molecule has 0 fully saturated rings. The van der Waals surface area contributed by atoms with Gasteiger partial charge in [0.2, 0.25) is 0 Å². The van der Waals surface area contributed by atoms with Crippen LogP contribution in [0.3, 0.4) is 0 Å². The van der Waals surface area contributed by atoms with Gasteiger partial charge in [0.05, 0.1) is 31.8 Å². The van der Waals surface area contributed by atoms with E-state index in [2.05, 4.69) is 25.0 Å². The monoisotopic (exact) mass is 472 g/mol. The molecule has 35 heavy (non-hydrogen) atoms. The first-order chi connectivity index (χ1) is 17.0. The summed E-state index contributed by atoms with van der Waals surface area (Å²) in [7, 11) is 2.72. The number of rotatable bonds is 5. The van der Waals surface area contributed by atoms with Gasteiger partial charge in [-0.1, -0.05) is 0 Å². The second-order valence-electron chi connectivity index (χ2n) is 7.72. The largest absolute Gasteiger partial charge is 0.494 e. The highest BCUT2D eigenvalue weighted by atomic mass is 19.1. The fourth-order valence-corrected chi connectivity index (χ4v) is 3.86. The minimum atomic E-state index is -0.588. The average molecular weight is 472 g/mol. The maximum Gasteiger partial charge on any atom is 0.412 e. The Morgan fingerprint density at radius 1 is 0.971 bits per heavy atom.